The summed E-state index contributed by atoms with van der Waals surface area (Å²) in [7, 11) is 1.65. The number of methoxy groups -OCH3 is 1. The standard InChI is InChI=1S/C17H23N5OS/c1-13-11-15(20-17(18-13)24-3)22-9-7-21(8-10-22)12-14-5-4-6-16(19-14)23-2/h4-6,11H,7-10,12H2,1-3H3. The Balaban J connectivity index is 1.60. The van der Waals surface area contributed by atoms with E-state index in [1.807, 2.05) is 31.4 Å². The van der Waals surface area contributed by atoms with E-state index in [2.05, 4.69) is 30.8 Å². The molecule has 1 fully saturated rings. The van der Waals surface area contributed by atoms with Crippen molar-refractivity contribution in [2.45, 2.75) is 18.6 Å². The molecular weight excluding hydrogens is 322 g/mol. The quantitative estimate of drug-likeness (QED) is 0.608. The summed E-state index contributed by atoms with van der Waals surface area (Å²) < 4.78 is 5.20. The highest BCUT2D eigenvalue weighted by atomic mass is 32.2. The molecule has 1 saturated heterocycles. The van der Waals surface area contributed by atoms with Crippen LogP contribution in [0.25, 0.3) is 0 Å². The second kappa shape index (κ2) is 7.81. The third kappa shape index (κ3) is 4.15. The average Bonchev–Trinajstić information content (AvgIpc) is 2.62. The van der Waals surface area contributed by atoms with Gasteiger partial charge in [0.05, 0.1) is 12.8 Å². The van der Waals surface area contributed by atoms with E-state index >= 15 is 0 Å². The lowest BCUT2D eigenvalue weighted by Crippen LogP contribution is -2.46. The number of piperazine rings is 1. The van der Waals surface area contributed by atoms with E-state index in [4.69, 9.17) is 4.74 Å². The first-order chi connectivity index (χ1) is 11.7. The molecule has 0 N–H and O–H groups in total. The van der Waals surface area contributed by atoms with Crippen LogP contribution in [0.3, 0.4) is 0 Å². The van der Waals surface area contributed by atoms with Gasteiger partial charge in [-0.2, -0.15) is 0 Å². The molecule has 7 heteroatoms. The fourth-order valence-corrected chi connectivity index (χ4v) is 3.22. The molecule has 1 aliphatic heterocycles. The lowest BCUT2D eigenvalue weighted by Gasteiger charge is -2.35. The van der Waals surface area contributed by atoms with E-state index in [9.17, 15) is 0 Å². The van der Waals surface area contributed by atoms with Crippen LogP contribution in [-0.4, -0.2) is 59.4 Å². The molecule has 0 amide bonds. The lowest BCUT2D eigenvalue weighted by molar-refractivity contribution is 0.245. The van der Waals surface area contributed by atoms with Crippen LogP contribution in [-0.2, 0) is 6.54 Å². The van der Waals surface area contributed by atoms with Crippen LogP contribution in [0.1, 0.15) is 11.4 Å². The summed E-state index contributed by atoms with van der Waals surface area (Å²) in [4.78, 5) is 18.3. The smallest absolute Gasteiger partial charge is 0.213 e. The van der Waals surface area contributed by atoms with Crippen molar-refractivity contribution in [3.8, 4) is 5.88 Å². The SMILES string of the molecule is COc1cccc(CN2CCN(c3cc(C)nc(SC)n3)CC2)n1. The Morgan fingerprint density at radius 1 is 1.12 bits per heavy atom. The second-order valence-electron chi connectivity index (χ2n) is 5.79. The van der Waals surface area contributed by atoms with E-state index in [0.717, 1.165) is 55.1 Å². The van der Waals surface area contributed by atoms with Gasteiger partial charge in [0.2, 0.25) is 5.88 Å². The van der Waals surface area contributed by atoms with Gasteiger partial charge in [-0.25, -0.2) is 15.0 Å². The van der Waals surface area contributed by atoms with Gasteiger partial charge >= 0.3 is 0 Å². The van der Waals surface area contributed by atoms with Gasteiger partial charge in [-0.05, 0) is 19.2 Å². The third-order valence-electron chi connectivity index (χ3n) is 4.07. The van der Waals surface area contributed by atoms with Crippen LogP contribution < -0.4 is 9.64 Å². The second-order valence-corrected chi connectivity index (χ2v) is 6.56. The molecule has 3 heterocycles. The minimum atomic E-state index is 0.673. The topological polar surface area (TPSA) is 54.4 Å². The number of anilines is 1. The zero-order valence-corrected chi connectivity index (χ0v) is 15.2. The Labute approximate surface area is 147 Å². The molecule has 128 valence electrons. The van der Waals surface area contributed by atoms with Gasteiger partial charge in [0, 0.05) is 50.6 Å². The molecule has 6 nitrogen and oxygen atoms in total. The molecule has 3 rings (SSSR count). The average molecular weight is 345 g/mol. The highest BCUT2D eigenvalue weighted by Crippen LogP contribution is 2.19. The maximum atomic E-state index is 5.20. The van der Waals surface area contributed by atoms with Crippen molar-refractivity contribution in [2.24, 2.45) is 0 Å². The molecule has 0 saturated carbocycles. The number of aromatic nitrogens is 3. The zero-order chi connectivity index (χ0) is 16.9. The Morgan fingerprint density at radius 2 is 1.92 bits per heavy atom. The molecule has 0 radical (unpaired) electrons. The van der Waals surface area contributed by atoms with Gasteiger partial charge in [-0.15, -0.1) is 0 Å². The van der Waals surface area contributed by atoms with Crippen molar-refractivity contribution in [3.05, 3.63) is 35.7 Å². The summed E-state index contributed by atoms with van der Waals surface area (Å²) in [6.07, 6.45) is 2.01. The molecule has 0 atom stereocenters. The van der Waals surface area contributed by atoms with E-state index in [-0.39, 0.29) is 0 Å². The maximum absolute atomic E-state index is 5.20. The van der Waals surface area contributed by atoms with Gasteiger partial charge in [-0.1, -0.05) is 17.8 Å². The molecule has 0 spiro atoms. The van der Waals surface area contributed by atoms with Crippen molar-refractivity contribution >= 4 is 17.6 Å². The summed E-state index contributed by atoms with van der Waals surface area (Å²) >= 11 is 1.59. The van der Waals surface area contributed by atoms with Crippen LogP contribution in [0.2, 0.25) is 0 Å². The van der Waals surface area contributed by atoms with Gasteiger partial charge in [0.25, 0.3) is 0 Å². The Bertz CT molecular complexity index is 688. The minimum absolute atomic E-state index is 0.673. The number of aryl methyl sites for hydroxylation is 1. The Kier molecular flexibility index (Phi) is 5.52. The molecule has 0 aliphatic carbocycles. The van der Waals surface area contributed by atoms with E-state index in [1.165, 1.54) is 0 Å². The first-order valence-electron chi connectivity index (χ1n) is 8.05. The van der Waals surface area contributed by atoms with Crippen LogP contribution >= 0.6 is 11.8 Å². The molecule has 2 aromatic rings. The van der Waals surface area contributed by atoms with Gasteiger partial charge in [0.15, 0.2) is 5.16 Å². The zero-order valence-electron chi connectivity index (χ0n) is 14.4. The molecule has 1 aliphatic rings. The molecule has 0 unspecified atom stereocenters. The summed E-state index contributed by atoms with van der Waals surface area (Å²) in [5.41, 5.74) is 2.07. The number of hydrogen-bond donors (Lipinski definition) is 0. The van der Waals surface area contributed by atoms with Crippen LogP contribution in [0.4, 0.5) is 5.82 Å². The Hall–Kier alpha value is -1.86. The van der Waals surface area contributed by atoms with Gasteiger partial charge < -0.3 is 9.64 Å². The number of nitrogens with zero attached hydrogens (tertiary/aromatic N) is 5. The van der Waals surface area contributed by atoms with Crippen LogP contribution in [0.15, 0.2) is 29.4 Å². The molecular formula is C17H23N5OS. The monoisotopic (exact) mass is 345 g/mol. The number of rotatable bonds is 5. The fourth-order valence-electron chi connectivity index (χ4n) is 2.80. The number of ether oxygens (including phenoxy) is 1. The van der Waals surface area contributed by atoms with E-state index < -0.39 is 0 Å². The number of thioether (sulfide) groups is 1. The largest absolute Gasteiger partial charge is 0.481 e. The van der Waals surface area contributed by atoms with Gasteiger partial charge in [-0.3, -0.25) is 4.90 Å². The van der Waals surface area contributed by atoms with Crippen LogP contribution in [0.5, 0.6) is 5.88 Å². The Morgan fingerprint density at radius 3 is 2.62 bits per heavy atom. The van der Waals surface area contributed by atoms with E-state index in [0.29, 0.717) is 5.88 Å². The predicted octanol–water partition coefficient (Wildman–Crippen LogP) is 2.23. The summed E-state index contributed by atoms with van der Waals surface area (Å²) in [5, 5.41) is 0.841. The summed E-state index contributed by atoms with van der Waals surface area (Å²) in [6.45, 7) is 6.80. The van der Waals surface area contributed by atoms with Crippen molar-refractivity contribution in [3.63, 3.8) is 0 Å². The van der Waals surface area contributed by atoms with Crippen molar-refractivity contribution in [1.82, 2.24) is 19.9 Å². The van der Waals surface area contributed by atoms with E-state index in [1.54, 1.807) is 18.9 Å². The normalized spacial score (nSPS) is 15.5. The highest BCUT2D eigenvalue weighted by molar-refractivity contribution is 7.98. The lowest BCUT2D eigenvalue weighted by atomic mass is 10.2. The number of pyridine rings is 1. The minimum Gasteiger partial charge on any atom is -0.481 e. The molecule has 24 heavy (non-hydrogen) atoms. The third-order valence-corrected chi connectivity index (χ3v) is 4.62. The first-order valence-corrected chi connectivity index (χ1v) is 9.27. The molecule has 0 aromatic carbocycles. The van der Waals surface area contributed by atoms with Crippen LogP contribution in [0, 0.1) is 6.92 Å². The summed E-state index contributed by atoms with van der Waals surface area (Å²) in [6, 6.07) is 7.99. The fraction of sp³-hybridized carbons (Fsp3) is 0.471. The van der Waals surface area contributed by atoms with Crippen molar-refractivity contribution in [2.75, 3.05) is 44.4 Å². The highest BCUT2D eigenvalue weighted by Gasteiger charge is 2.19. The number of hydrogen-bond acceptors (Lipinski definition) is 7. The van der Waals surface area contributed by atoms with Gasteiger partial charge in [0.1, 0.15) is 5.82 Å². The maximum Gasteiger partial charge on any atom is 0.213 e. The summed E-state index contributed by atoms with van der Waals surface area (Å²) in [5.74, 6) is 1.71. The predicted molar refractivity (Wildman–Crippen MR) is 96.8 cm³/mol. The molecule has 2 aromatic heterocycles. The molecule has 0 bridgehead atoms. The first kappa shape index (κ1) is 17.0. The van der Waals surface area contributed by atoms with Crippen molar-refractivity contribution < 1.29 is 4.74 Å². The van der Waals surface area contributed by atoms with Crippen molar-refractivity contribution in [1.29, 1.82) is 0 Å².